The lowest BCUT2D eigenvalue weighted by molar-refractivity contribution is -0.124. The number of amides is 1. The average molecular weight is 516 g/mol. The number of carbonyl (C=O) groups excluding carboxylic acids is 2. The number of aromatic nitrogens is 2. The van der Waals surface area contributed by atoms with E-state index >= 15 is 0 Å². The molecule has 0 bridgehead atoms. The molecule has 0 saturated heterocycles. The summed E-state index contributed by atoms with van der Waals surface area (Å²) in [6.45, 7) is 6.09. The quantitative estimate of drug-likeness (QED) is 0.255. The summed E-state index contributed by atoms with van der Waals surface area (Å²) in [5.41, 5.74) is 9.37. The second kappa shape index (κ2) is 11.3. The van der Waals surface area contributed by atoms with Crippen LogP contribution in [0.5, 0.6) is 0 Å². The van der Waals surface area contributed by atoms with Gasteiger partial charge in [-0.3, -0.25) is 4.79 Å². The van der Waals surface area contributed by atoms with Crippen LogP contribution in [0.4, 0.5) is 0 Å². The molecule has 194 valence electrons. The number of carbonyl (C=O) groups is 2. The molecule has 39 heavy (non-hydrogen) atoms. The Hall–Kier alpha value is -4.84. The van der Waals surface area contributed by atoms with E-state index in [9.17, 15) is 9.59 Å². The smallest absolute Gasteiger partial charge is 0.338 e. The van der Waals surface area contributed by atoms with Crippen LogP contribution < -0.4 is 5.32 Å². The van der Waals surface area contributed by atoms with Crippen LogP contribution in [0.2, 0.25) is 0 Å². The summed E-state index contributed by atoms with van der Waals surface area (Å²) >= 11 is 0. The van der Waals surface area contributed by atoms with Crippen molar-refractivity contribution in [3.05, 3.63) is 119 Å². The van der Waals surface area contributed by atoms with Crippen LogP contribution in [0.3, 0.4) is 0 Å². The number of esters is 1. The first kappa shape index (κ1) is 25.8. The molecule has 0 fully saturated rings. The van der Waals surface area contributed by atoms with Gasteiger partial charge in [-0.1, -0.05) is 89.5 Å². The fourth-order valence-corrected chi connectivity index (χ4v) is 4.18. The van der Waals surface area contributed by atoms with Crippen LogP contribution in [-0.2, 0) is 16.1 Å². The predicted octanol–water partition coefficient (Wildman–Crippen LogP) is 6.36. The van der Waals surface area contributed by atoms with E-state index in [4.69, 9.17) is 14.7 Å². The third-order valence-electron chi connectivity index (χ3n) is 6.49. The van der Waals surface area contributed by atoms with E-state index in [0.717, 1.165) is 44.8 Å². The standard InChI is InChI=1S/C33H29N3O3/c1-21-4-10-24(11-5-21)19-34-30(37)20-39-33(38)27-16-17-28-29(18-27)36-32(26-14-8-23(3)9-15-26)31(35-28)25-12-6-22(2)7-13-25/h4-18H,19-20H2,1-3H3,(H,34,37). The summed E-state index contributed by atoms with van der Waals surface area (Å²) in [6, 6.07) is 29.2. The second-order valence-corrected chi connectivity index (χ2v) is 9.69. The molecule has 0 aliphatic carbocycles. The molecular formula is C33H29N3O3. The van der Waals surface area contributed by atoms with Crippen LogP contribution in [-0.4, -0.2) is 28.5 Å². The van der Waals surface area contributed by atoms with Gasteiger partial charge >= 0.3 is 5.97 Å². The summed E-state index contributed by atoms with van der Waals surface area (Å²) in [7, 11) is 0. The van der Waals surface area contributed by atoms with Gasteiger partial charge in [0.25, 0.3) is 5.91 Å². The van der Waals surface area contributed by atoms with E-state index in [1.165, 1.54) is 0 Å². The SMILES string of the molecule is Cc1ccc(CNC(=O)COC(=O)c2ccc3nc(-c4ccc(C)cc4)c(-c4ccc(C)cc4)nc3c2)cc1. The Labute approximate surface area is 227 Å². The van der Waals surface area contributed by atoms with E-state index < -0.39 is 5.97 Å². The van der Waals surface area contributed by atoms with Crippen molar-refractivity contribution in [3.63, 3.8) is 0 Å². The van der Waals surface area contributed by atoms with Crippen molar-refractivity contribution in [2.24, 2.45) is 0 Å². The number of nitrogens with zero attached hydrogens (tertiary/aromatic N) is 2. The molecule has 1 aromatic heterocycles. The highest BCUT2D eigenvalue weighted by atomic mass is 16.5. The Morgan fingerprint density at radius 2 is 1.18 bits per heavy atom. The van der Waals surface area contributed by atoms with Gasteiger partial charge in [0.1, 0.15) is 0 Å². The van der Waals surface area contributed by atoms with Crippen molar-refractivity contribution >= 4 is 22.9 Å². The zero-order chi connectivity index (χ0) is 27.4. The molecule has 1 amide bonds. The molecule has 6 nitrogen and oxygen atoms in total. The number of benzene rings is 4. The fourth-order valence-electron chi connectivity index (χ4n) is 4.18. The molecule has 0 spiro atoms. The molecule has 0 atom stereocenters. The number of aryl methyl sites for hydroxylation is 3. The Morgan fingerprint density at radius 3 is 1.74 bits per heavy atom. The van der Waals surface area contributed by atoms with Gasteiger partial charge in [0.2, 0.25) is 0 Å². The van der Waals surface area contributed by atoms with Gasteiger partial charge in [0, 0.05) is 17.7 Å². The maximum atomic E-state index is 12.8. The molecule has 0 aliphatic heterocycles. The Balaban J connectivity index is 1.37. The Kier molecular flexibility index (Phi) is 7.46. The molecule has 4 aromatic carbocycles. The number of rotatable bonds is 7. The number of hydrogen-bond acceptors (Lipinski definition) is 5. The predicted molar refractivity (Wildman–Crippen MR) is 153 cm³/mol. The van der Waals surface area contributed by atoms with Crippen LogP contribution in [0.25, 0.3) is 33.5 Å². The monoisotopic (exact) mass is 515 g/mol. The minimum Gasteiger partial charge on any atom is -0.452 e. The highest BCUT2D eigenvalue weighted by molar-refractivity contribution is 5.96. The normalized spacial score (nSPS) is 10.8. The van der Waals surface area contributed by atoms with E-state index in [0.29, 0.717) is 23.1 Å². The molecular weight excluding hydrogens is 486 g/mol. The van der Waals surface area contributed by atoms with Gasteiger partial charge in [-0.05, 0) is 44.5 Å². The summed E-state index contributed by atoms with van der Waals surface area (Å²) in [5.74, 6) is -0.961. The maximum absolute atomic E-state index is 12.8. The Morgan fingerprint density at radius 1 is 0.667 bits per heavy atom. The third-order valence-corrected chi connectivity index (χ3v) is 6.49. The van der Waals surface area contributed by atoms with E-state index in [1.807, 2.05) is 81.4 Å². The van der Waals surface area contributed by atoms with Crippen LogP contribution in [0.1, 0.15) is 32.6 Å². The van der Waals surface area contributed by atoms with Crippen molar-refractivity contribution in [2.45, 2.75) is 27.3 Å². The van der Waals surface area contributed by atoms with E-state index in [2.05, 4.69) is 17.4 Å². The first-order chi connectivity index (χ1) is 18.9. The lowest BCUT2D eigenvalue weighted by Gasteiger charge is -2.12. The first-order valence-corrected chi connectivity index (χ1v) is 12.8. The van der Waals surface area contributed by atoms with Gasteiger partial charge in [0.05, 0.1) is 28.0 Å². The average Bonchev–Trinajstić information content (AvgIpc) is 2.95. The molecule has 0 unspecified atom stereocenters. The molecule has 5 aromatic rings. The first-order valence-electron chi connectivity index (χ1n) is 12.8. The number of fused-ring (bicyclic) bond motifs is 1. The second-order valence-electron chi connectivity index (χ2n) is 9.69. The van der Waals surface area contributed by atoms with Gasteiger partial charge in [-0.2, -0.15) is 0 Å². The lowest BCUT2D eigenvalue weighted by Crippen LogP contribution is -2.28. The van der Waals surface area contributed by atoms with Gasteiger partial charge in [-0.15, -0.1) is 0 Å². The van der Waals surface area contributed by atoms with Crippen molar-refractivity contribution in [1.29, 1.82) is 0 Å². The highest BCUT2D eigenvalue weighted by Crippen LogP contribution is 2.31. The lowest BCUT2D eigenvalue weighted by atomic mass is 10.0. The van der Waals surface area contributed by atoms with E-state index in [1.54, 1.807) is 18.2 Å². The summed E-state index contributed by atoms with van der Waals surface area (Å²) in [6.07, 6.45) is 0. The summed E-state index contributed by atoms with van der Waals surface area (Å²) in [5, 5.41) is 2.77. The van der Waals surface area contributed by atoms with Gasteiger partial charge in [-0.25, -0.2) is 14.8 Å². The van der Waals surface area contributed by atoms with Crippen LogP contribution in [0, 0.1) is 20.8 Å². The maximum Gasteiger partial charge on any atom is 0.338 e. The van der Waals surface area contributed by atoms with Crippen molar-refractivity contribution in [1.82, 2.24) is 15.3 Å². The molecule has 0 saturated carbocycles. The van der Waals surface area contributed by atoms with Crippen LogP contribution in [0.15, 0.2) is 91.0 Å². The van der Waals surface area contributed by atoms with Crippen molar-refractivity contribution in [2.75, 3.05) is 6.61 Å². The molecule has 1 heterocycles. The summed E-state index contributed by atoms with van der Waals surface area (Å²) in [4.78, 5) is 34.9. The largest absolute Gasteiger partial charge is 0.452 e. The Bertz CT molecular complexity index is 1640. The fraction of sp³-hybridized carbons (Fsp3) is 0.152. The zero-order valence-corrected chi connectivity index (χ0v) is 22.2. The molecule has 6 heteroatoms. The summed E-state index contributed by atoms with van der Waals surface area (Å²) < 4.78 is 5.28. The van der Waals surface area contributed by atoms with Gasteiger partial charge in [0.15, 0.2) is 6.61 Å². The topological polar surface area (TPSA) is 81.2 Å². The minimum atomic E-state index is -0.594. The van der Waals surface area contributed by atoms with E-state index in [-0.39, 0.29) is 12.5 Å². The van der Waals surface area contributed by atoms with Gasteiger partial charge < -0.3 is 10.1 Å². The number of hydrogen-bond donors (Lipinski definition) is 1. The third kappa shape index (κ3) is 6.18. The molecule has 5 rings (SSSR count). The minimum absolute atomic E-state index is 0.307. The highest BCUT2D eigenvalue weighted by Gasteiger charge is 2.16. The number of nitrogens with one attached hydrogen (secondary N) is 1. The zero-order valence-electron chi connectivity index (χ0n) is 22.2. The van der Waals surface area contributed by atoms with Crippen LogP contribution >= 0.6 is 0 Å². The number of ether oxygens (including phenoxy) is 1. The molecule has 1 N–H and O–H groups in total. The van der Waals surface area contributed by atoms with Crippen molar-refractivity contribution in [3.8, 4) is 22.5 Å². The van der Waals surface area contributed by atoms with Crippen molar-refractivity contribution < 1.29 is 14.3 Å². The molecule has 0 radical (unpaired) electrons. The molecule has 0 aliphatic rings.